The number of hydrogen-bond donors (Lipinski definition) is 1. The first-order chi connectivity index (χ1) is 19.5. The number of likely N-dealkylation sites (tertiary alicyclic amines) is 1. The second kappa shape index (κ2) is 11.5. The Labute approximate surface area is 233 Å². The molecule has 5 rings (SSSR count). The SMILES string of the molecule is O=C(c1cc(C(F)(F)F)cc(C(F)(F)F)c1)N1CC[C@H](NCc2ccc3ccccc3n2)C[C@H]1Cc1ccccc1. The zero-order valence-electron chi connectivity index (χ0n) is 21.8. The van der Waals surface area contributed by atoms with E-state index < -0.39 is 41.0 Å². The van der Waals surface area contributed by atoms with Gasteiger partial charge < -0.3 is 10.2 Å². The maximum atomic E-state index is 13.5. The molecule has 1 fully saturated rings. The summed E-state index contributed by atoms with van der Waals surface area (Å²) in [5.74, 6) is -0.850. The first-order valence-electron chi connectivity index (χ1n) is 13.2. The van der Waals surface area contributed by atoms with Crippen LogP contribution in [0.1, 0.15) is 45.6 Å². The molecule has 1 aliphatic heterocycles. The van der Waals surface area contributed by atoms with Gasteiger partial charge in [0.1, 0.15) is 0 Å². The number of fused-ring (bicyclic) bond motifs is 1. The van der Waals surface area contributed by atoms with Gasteiger partial charge in [-0.3, -0.25) is 9.78 Å². The van der Waals surface area contributed by atoms with Gasteiger partial charge in [0.2, 0.25) is 0 Å². The van der Waals surface area contributed by atoms with Crippen LogP contribution >= 0.6 is 0 Å². The number of piperidine rings is 1. The van der Waals surface area contributed by atoms with E-state index in [-0.39, 0.29) is 18.7 Å². The first-order valence-corrected chi connectivity index (χ1v) is 13.2. The zero-order chi connectivity index (χ0) is 29.2. The number of amides is 1. The average Bonchev–Trinajstić information content (AvgIpc) is 2.95. The number of nitrogens with one attached hydrogen (secondary N) is 1. The summed E-state index contributed by atoms with van der Waals surface area (Å²) in [4.78, 5) is 19.6. The molecule has 0 aliphatic carbocycles. The molecule has 1 saturated heterocycles. The van der Waals surface area contributed by atoms with Gasteiger partial charge in [0.15, 0.2) is 0 Å². The van der Waals surface area contributed by atoms with Crippen LogP contribution in [0.15, 0.2) is 84.9 Å². The van der Waals surface area contributed by atoms with Crippen molar-refractivity contribution in [2.75, 3.05) is 6.54 Å². The largest absolute Gasteiger partial charge is 0.416 e. The second-order valence-corrected chi connectivity index (χ2v) is 10.2. The van der Waals surface area contributed by atoms with Gasteiger partial charge in [0.25, 0.3) is 5.91 Å². The number of hydrogen-bond acceptors (Lipinski definition) is 3. The van der Waals surface area contributed by atoms with E-state index in [1.165, 1.54) is 4.90 Å². The summed E-state index contributed by atoms with van der Waals surface area (Å²) in [5, 5.41) is 4.50. The molecule has 0 spiro atoms. The van der Waals surface area contributed by atoms with Gasteiger partial charge in [0.05, 0.1) is 22.3 Å². The molecule has 41 heavy (non-hydrogen) atoms. The predicted octanol–water partition coefficient (Wildman–Crippen LogP) is 7.28. The summed E-state index contributed by atoms with van der Waals surface area (Å²) in [5.41, 5.74) is -1.02. The summed E-state index contributed by atoms with van der Waals surface area (Å²) in [6.07, 6.45) is -8.71. The maximum absolute atomic E-state index is 13.5. The minimum atomic E-state index is -5.03. The van der Waals surface area contributed by atoms with Gasteiger partial charge in [-0.15, -0.1) is 0 Å². The van der Waals surface area contributed by atoms with Crippen LogP contribution < -0.4 is 5.32 Å². The molecule has 3 aromatic carbocycles. The van der Waals surface area contributed by atoms with Crippen LogP contribution in [0.3, 0.4) is 0 Å². The molecule has 1 aromatic heterocycles. The van der Waals surface area contributed by atoms with Crippen molar-refractivity contribution < 1.29 is 31.1 Å². The molecule has 0 bridgehead atoms. The molecule has 0 unspecified atom stereocenters. The van der Waals surface area contributed by atoms with Crippen LogP contribution in [0.5, 0.6) is 0 Å². The Balaban J connectivity index is 1.38. The van der Waals surface area contributed by atoms with Gasteiger partial charge in [-0.25, -0.2) is 0 Å². The summed E-state index contributed by atoms with van der Waals surface area (Å²) in [6.45, 7) is 0.654. The van der Waals surface area contributed by atoms with E-state index in [1.54, 1.807) is 0 Å². The lowest BCUT2D eigenvalue weighted by Gasteiger charge is -2.40. The van der Waals surface area contributed by atoms with Gasteiger partial charge in [0, 0.05) is 36.1 Å². The molecule has 1 aliphatic rings. The first kappa shape index (κ1) is 28.6. The van der Waals surface area contributed by atoms with Gasteiger partial charge in [-0.1, -0.05) is 54.6 Å². The van der Waals surface area contributed by atoms with Crippen molar-refractivity contribution in [3.63, 3.8) is 0 Å². The molecule has 1 amide bonds. The Bertz CT molecular complexity index is 1490. The van der Waals surface area contributed by atoms with Crippen molar-refractivity contribution in [3.05, 3.63) is 113 Å². The summed E-state index contributed by atoms with van der Waals surface area (Å²) in [6, 6.07) is 21.5. The number of alkyl halides is 6. The monoisotopic (exact) mass is 571 g/mol. The van der Waals surface area contributed by atoms with E-state index in [0.29, 0.717) is 37.9 Å². The highest BCUT2D eigenvalue weighted by atomic mass is 19.4. The van der Waals surface area contributed by atoms with Crippen LogP contribution in [0.25, 0.3) is 10.9 Å². The summed E-state index contributed by atoms with van der Waals surface area (Å²) >= 11 is 0. The number of carbonyl (C=O) groups is 1. The Hall–Kier alpha value is -3.92. The molecule has 0 radical (unpaired) electrons. The van der Waals surface area contributed by atoms with Crippen LogP contribution in [-0.2, 0) is 25.3 Å². The van der Waals surface area contributed by atoms with Crippen molar-refractivity contribution in [1.29, 1.82) is 0 Å². The van der Waals surface area contributed by atoms with Crippen molar-refractivity contribution in [3.8, 4) is 0 Å². The van der Waals surface area contributed by atoms with Crippen molar-refractivity contribution >= 4 is 16.8 Å². The number of aromatic nitrogens is 1. The second-order valence-electron chi connectivity index (χ2n) is 10.2. The van der Waals surface area contributed by atoms with E-state index >= 15 is 0 Å². The average molecular weight is 572 g/mol. The molecule has 10 heteroatoms. The van der Waals surface area contributed by atoms with Crippen molar-refractivity contribution in [2.45, 2.75) is 50.2 Å². The van der Waals surface area contributed by atoms with Crippen LogP contribution in [0.2, 0.25) is 0 Å². The molecule has 214 valence electrons. The molecule has 2 atom stereocenters. The topological polar surface area (TPSA) is 45.2 Å². The number of halogens is 6. The Morgan fingerprint density at radius 3 is 2.20 bits per heavy atom. The highest BCUT2D eigenvalue weighted by Crippen LogP contribution is 2.37. The Kier molecular flexibility index (Phi) is 8.04. The summed E-state index contributed by atoms with van der Waals surface area (Å²) in [7, 11) is 0. The van der Waals surface area contributed by atoms with Crippen molar-refractivity contribution in [1.82, 2.24) is 15.2 Å². The lowest BCUT2D eigenvalue weighted by molar-refractivity contribution is -0.143. The number of rotatable bonds is 6. The molecule has 4 aromatic rings. The van der Waals surface area contributed by atoms with Gasteiger partial charge in [-0.05, 0) is 55.2 Å². The Morgan fingerprint density at radius 1 is 0.854 bits per heavy atom. The molecular formula is C31H27F6N3O. The third-order valence-electron chi connectivity index (χ3n) is 7.35. The quantitative estimate of drug-likeness (QED) is 0.248. The third kappa shape index (κ3) is 6.87. The standard InChI is InChI=1S/C31H27F6N3O/c32-30(33,34)23-15-22(16-24(17-23)31(35,36)37)29(41)40-13-12-25(18-27(40)14-20-6-2-1-3-7-20)38-19-26-11-10-21-8-4-5-9-28(21)39-26/h1-11,15-17,25,27,38H,12-14,18-19H2/t25-,27+/m0/s1. The maximum Gasteiger partial charge on any atom is 0.416 e. The van der Waals surface area contributed by atoms with Gasteiger partial charge in [-0.2, -0.15) is 26.3 Å². The highest BCUT2D eigenvalue weighted by molar-refractivity contribution is 5.95. The Morgan fingerprint density at radius 2 is 1.51 bits per heavy atom. The smallest absolute Gasteiger partial charge is 0.335 e. The van der Waals surface area contributed by atoms with E-state index in [9.17, 15) is 31.1 Å². The zero-order valence-corrected chi connectivity index (χ0v) is 21.8. The third-order valence-corrected chi connectivity index (χ3v) is 7.35. The predicted molar refractivity (Wildman–Crippen MR) is 143 cm³/mol. The van der Waals surface area contributed by atoms with Crippen LogP contribution in [0, 0.1) is 0 Å². The van der Waals surface area contributed by atoms with Crippen LogP contribution in [-0.4, -0.2) is 34.4 Å². The fourth-order valence-electron chi connectivity index (χ4n) is 5.28. The number of nitrogens with zero attached hydrogens (tertiary/aromatic N) is 2. The highest BCUT2D eigenvalue weighted by Gasteiger charge is 2.39. The summed E-state index contributed by atoms with van der Waals surface area (Å²) < 4.78 is 80.8. The number of pyridine rings is 1. The molecular weight excluding hydrogens is 544 g/mol. The van der Waals surface area contributed by atoms with Gasteiger partial charge >= 0.3 is 12.4 Å². The fourth-order valence-corrected chi connectivity index (χ4v) is 5.28. The molecule has 1 N–H and O–H groups in total. The fraction of sp³-hybridized carbons (Fsp3) is 0.290. The lowest BCUT2D eigenvalue weighted by Crippen LogP contribution is -2.51. The molecule has 4 nitrogen and oxygen atoms in total. The number of benzene rings is 3. The van der Waals surface area contributed by atoms with E-state index in [1.807, 2.05) is 66.7 Å². The normalized spacial score (nSPS) is 18.0. The van der Waals surface area contributed by atoms with E-state index in [4.69, 9.17) is 0 Å². The molecule has 2 heterocycles. The van der Waals surface area contributed by atoms with E-state index in [2.05, 4.69) is 10.3 Å². The van der Waals surface area contributed by atoms with E-state index in [0.717, 1.165) is 22.2 Å². The lowest BCUT2D eigenvalue weighted by atomic mass is 9.91. The van der Waals surface area contributed by atoms with Crippen LogP contribution in [0.4, 0.5) is 26.3 Å². The van der Waals surface area contributed by atoms with Crippen molar-refractivity contribution in [2.24, 2.45) is 0 Å². The minimum absolute atomic E-state index is 0.0340. The molecule has 0 saturated carbocycles. The number of para-hydroxylation sites is 1. The number of carbonyl (C=O) groups excluding carboxylic acids is 1. The minimum Gasteiger partial charge on any atom is -0.335 e.